The van der Waals surface area contributed by atoms with Gasteiger partial charge in [0, 0.05) is 16.9 Å². The number of nitrogens with zero attached hydrogens (tertiary/aromatic N) is 2. The molecule has 2 saturated heterocycles. The molecule has 3 heterocycles. The lowest BCUT2D eigenvalue weighted by Gasteiger charge is -2.32. The Morgan fingerprint density at radius 3 is 2.79 bits per heavy atom. The average Bonchev–Trinajstić information content (AvgIpc) is 3.34. The Balaban J connectivity index is 1.52. The van der Waals surface area contributed by atoms with Crippen molar-refractivity contribution in [3.63, 3.8) is 0 Å². The fourth-order valence-electron chi connectivity index (χ4n) is 4.72. The van der Waals surface area contributed by atoms with Crippen LogP contribution in [0.4, 0.5) is 0 Å². The molecule has 8 heteroatoms. The number of likely N-dealkylation sites (tertiary alicyclic amines) is 1. The van der Waals surface area contributed by atoms with Gasteiger partial charge < -0.3 is 20.2 Å². The van der Waals surface area contributed by atoms with E-state index in [1.54, 1.807) is 34.6 Å². The molecule has 156 valence electrons. The number of rotatable bonds is 4. The third-order valence-corrected chi connectivity index (χ3v) is 7.68. The van der Waals surface area contributed by atoms with Gasteiger partial charge >= 0.3 is 0 Å². The van der Waals surface area contributed by atoms with Gasteiger partial charge in [-0.15, -0.1) is 11.8 Å². The lowest BCUT2D eigenvalue weighted by atomic mass is 10.0. The molecular formula is C21H27N3O4S. The molecule has 1 aromatic rings. The number of nitrogens with one attached hydrogen (secondary N) is 1. The summed E-state index contributed by atoms with van der Waals surface area (Å²) in [5, 5.41) is 12.1. The van der Waals surface area contributed by atoms with E-state index in [1.807, 2.05) is 32.0 Å². The third kappa shape index (κ3) is 3.22. The van der Waals surface area contributed by atoms with Crippen molar-refractivity contribution in [2.75, 3.05) is 13.2 Å². The molecule has 0 aromatic heterocycles. The Labute approximate surface area is 174 Å². The van der Waals surface area contributed by atoms with Gasteiger partial charge in [-0.05, 0) is 45.2 Å². The molecule has 0 spiro atoms. The normalized spacial score (nSPS) is 28.3. The zero-order valence-electron chi connectivity index (χ0n) is 16.9. The number of hydrogen-bond donors (Lipinski definition) is 2. The standard InChI is InChI=1S/C21H27N3O4S/c1-12(18(27)23-10-6-7-13(23)11-25)22-17(26)16-21(2,3)29-20-15-9-5-4-8-14(15)19(28)24(16)20/h4-5,8-9,12-13,16,20,25H,6-7,10-11H2,1-3H3,(H,22,26)/t12-,13-,16+,20?/m0/s1. The number of carbonyl (C=O) groups excluding carboxylic acids is 3. The van der Waals surface area contributed by atoms with Gasteiger partial charge in [-0.3, -0.25) is 14.4 Å². The summed E-state index contributed by atoms with van der Waals surface area (Å²) in [6, 6.07) is 5.92. The number of carbonyl (C=O) groups is 3. The van der Waals surface area contributed by atoms with E-state index in [0.29, 0.717) is 12.1 Å². The number of aliphatic hydroxyl groups excluding tert-OH is 1. The van der Waals surface area contributed by atoms with Crippen LogP contribution in [0, 0.1) is 0 Å². The summed E-state index contributed by atoms with van der Waals surface area (Å²) in [5.41, 5.74) is 1.59. The Morgan fingerprint density at radius 1 is 1.34 bits per heavy atom. The molecule has 3 aliphatic rings. The molecule has 0 bridgehead atoms. The molecule has 29 heavy (non-hydrogen) atoms. The number of hydrogen-bond acceptors (Lipinski definition) is 5. The number of aliphatic hydroxyl groups is 1. The van der Waals surface area contributed by atoms with Crippen LogP contribution in [0.1, 0.15) is 54.9 Å². The molecule has 2 N–H and O–H groups in total. The van der Waals surface area contributed by atoms with Crippen LogP contribution in [-0.4, -0.2) is 68.7 Å². The van der Waals surface area contributed by atoms with Crippen LogP contribution in [0.25, 0.3) is 0 Å². The second-order valence-electron chi connectivity index (χ2n) is 8.52. The van der Waals surface area contributed by atoms with Gasteiger partial charge in [-0.2, -0.15) is 0 Å². The van der Waals surface area contributed by atoms with Crippen molar-refractivity contribution in [1.82, 2.24) is 15.1 Å². The zero-order chi connectivity index (χ0) is 20.9. The van der Waals surface area contributed by atoms with E-state index in [-0.39, 0.29) is 35.7 Å². The molecule has 2 fully saturated rings. The SMILES string of the molecule is C[C@H](NC(=O)[C@H]1N2C(=O)c3ccccc3C2SC1(C)C)C(=O)N1CCC[C@H]1CO. The van der Waals surface area contributed by atoms with E-state index in [4.69, 9.17) is 0 Å². The van der Waals surface area contributed by atoms with Gasteiger partial charge in [0.25, 0.3) is 5.91 Å². The minimum atomic E-state index is -0.713. The monoisotopic (exact) mass is 417 g/mol. The number of fused-ring (bicyclic) bond motifs is 3. The maximum absolute atomic E-state index is 13.2. The largest absolute Gasteiger partial charge is 0.394 e. The van der Waals surface area contributed by atoms with E-state index >= 15 is 0 Å². The van der Waals surface area contributed by atoms with Crippen molar-refractivity contribution in [3.05, 3.63) is 35.4 Å². The number of thioether (sulfide) groups is 1. The Hall–Kier alpha value is -2.06. The van der Waals surface area contributed by atoms with Crippen LogP contribution in [0.2, 0.25) is 0 Å². The van der Waals surface area contributed by atoms with Crippen molar-refractivity contribution < 1.29 is 19.5 Å². The highest BCUT2D eigenvalue weighted by molar-refractivity contribution is 8.01. The van der Waals surface area contributed by atoms with Crippen LogP contribution in [0.15, 0.2) is 24.3 Å². The molecular weight excluding hydrogens is 390 g/mol. The predicted molar refractivity (Wildman–Crippen MR) is 110 cm³/mol. The lowest BCUT2D eigenvalue weighted by Crippen LogP contribution is -2.57. The fraction of sp³-hybridized carbons (Fsp3) is 0.571. The summed E-state index contributed by atoms with van der Waals surface area (Å²) >= 11 is 1.60. The van der Waals surface area contributed by atoms with Crippen LogP contribution in [-0.2, 0) is 9.59 Å². The van der Waals surface area contributed by atoms with Crippen LogP contribution in [0.3, 0.4) is 0 Å². The predicted octanol–water partition coefficient (Wildman–Crippen LogP) is 1.52. The molecule has 0 aliphatic carbocycles. The lowest BCUT2D eigenvalue weighted by molar-refractivity contribution is -0.138. The summed E-state index contributed by atoms with van der Waals surface area (Å²) in [5.74, 6) is -0.639. The summed E-state index contributed by atoms with van der Waals surface area (Å²) in [7, 11) is 0. The minimum Gasteiger partial charge on any atom is -0.394 e. The zero-order valence-corrected chi connectivity index (χ0v) is 17.7. The molecule has 1 aromatic carbocycles. The molecule has 7 nitrogen and oxygen atoms in total. The second kappa shape index (κ2) is 7.32. The molecule has 0 radical (unpaired) electrons. The van der Waals surface area contributed by atoms with E-state index in [9.17, 15) is 19.5 Å². The summed E-state index contributed by atoms with van der Waals surface area (Å²) in [4.78, 5) is 42.4. The summed E-state index contributed by atoms with van der Waals surface area (Å²) in [6.07, 6.45) is 1.63. The first-order valence-corrected chi connectivity index (χ1v) is 11.0. The van der Waals surface area contributed by atoms with Gasteiger partial charge in [-0.25, -0.2) is 0 Å². The molecule has 3 aliphatic heterocycles. The number of amides is 3. The van der Waals surface area contributed by atoms with E-state index < -0.39 is 16.8 Å². The van der Waals surface area contributed by atoms with Gasteiger partial charge in [0.05, 0.1) is 12.6 Å². The van der Waals surface area contributed by atoms with Gasteiger partial charge in [0.2, 0.25) is 11.8 Å². The van der Waals surface area contributed by atoms with Gasteiger partial charge in [0.15, 0.2) is 0 Å². The van der Waals surface area contributed by atoms with Crippen LogP contribution >= 0.6 is 11.8 Å². The highest BCUT2D eigenvalue weighted by Gasteiger charge is 2.57. The maximum Gasteiger partial charge on any atom is 0.256 e. The molecule has 1 unspecified atom stereocenters. The van der Waals surface area contributed by atoms with Crippen molar-refractivity contribution in [3.8, 4) is 0 Å². The van der Waals surface area contributed by atoms with Crippen LogP contribution < -0.4 is 5.32 Å². The first kappa shape index (κ1) is 20.2. The summed E-state index contributed by atoms with van der Waals surface area (Å²) < 4.78 is -0.484. The van der Waals surface area contributed by atoms with Crippen molar-refractivity contribution in [2.24, 2.45) is 0 Å². The van der Waals surface area contributed by atoms with E-state index in [0.717, 1.165) is 18.4 Å². The third-order valence-electron chi connectivity index (χ3n) is 6.14. The average molecular weight is 418 g/mol. The highest BCUT2D eigenvalue weighted by Crippen LogP contribution is 2.56. The molecule has 0 saturated carbocycles. The van der Waals surface area contributed by atoms with E-state index in [2.05, 4.69) is 5.32 Å². The number of benzene rings is 1. The van der Waals surface area contributed by atoms with E-state index in [1.165, 1.54) is 0 Å². The first-order chi connectivity index (χ1) is 13.8. The van der Waals surface area contributed by atoms with Crippen LogP contribution in [0.5, 0.6) is 0 Å². The molecule has 4 rings (SSSR count). The quantitative estimate of drug-likeness (QED) is 0.775. The van der Waals surface area contributed by atoms with Gasteiger partial charge in [0.1, 0.15) is 17.5 Å². The first-order valence-electron chi connectivity index (χ1n) is 10.1. The Bertz CT molecular complexity index is 858. The second-order valence-corrected chi connectivity index (χ2v) is 10.3. The van der Waals surface area contributed by atoms with Crippen molar-refractivity contribution in [1.29, 1.82) is 0 Å². The van der Waals surface area contributed by atoms with Crippen molar-refractivity contribution in [2.45, 2.75) is 61.9 Å². The molecule has 3 amide bonds. The van der Waals surface area contributed by atoms with Gasteiger partial charge in [-0.1, -0.05) is 18.2 Å². The summed E-state index contributed by atoms with van der Waals surface area (Å²) in [6.45, 7) is 6.12. The topological polar surface area (TPSA) is 90.0 Å². The van der Waals surface area contributed by atoms with Crippen molar-refractivity contribution >= 4 is 29.5 Å². The maximum atomic E-state index is 13.2. The minimum absolute atomic E-state index is 0.0685. The fourth-order valence-corrected chi connectivity index (χ4v) is 6.31. The molecule has 4 atom stereocenters. The smallest absolute Gasteiger partial charge is 0.256 e. The highest BCUT2D eigenvalue weighted by atomic mass is 32.2. The Kier molecular flexibility index (Phi) is 5.11. The Morgan fingerprint density at radius 2 is 2.07 bits per heavy atom.